The molecule has 7 nitrogen and oxygen atoms in total. The van der Waals surface area contributed by atoms with E-state index in [0.717, 1.165) is 12.8 Å². The molecule has 0 heterocycles. The van der Waals surface area contributed by atoms with Crippen LogP contribution in [0.25, 0.3) is 0 Å². The first-order chi connectivity index (χ1) is 12.2. The summed E-state index contributed by atoms with van der Waals surface area (Å²) in [6, 6.07) is 8.52. The van der Waals surface area contributed by atoms with Crippen molar-refractivity contribution >= 4 is 21.9 Å². The molecule has 0 aliphatic heterocycles. The molecule has 1 aromatic carbocycles. The van der Waals surface area contributed by atoms with Crippen molar-refractivity contribution in [2.75, 3.05) is 13.2 Å². The molecule has 1 unspecified atom stereocenters. The Morgan fingerprint density at radius 1 is 1.19 bits per heavy atom. The van der Waals surface area contributed by atoms with Crippen molar-refractivity contribution < 1.29 is 27.3 Å². The van der Waals surface area contributed by atoms with Crippen LogP contribution in [-0.2, 0) is 30.2 Å². The zero-order chi connectivity index (χ0) is 20.0. The number of hydrogen-bond donors (Lipinski definition) is 2. The lowest BCUT2D eigenvalue weighted by Crippen LogP contribution is -2.17. The first-order valence-corrected chi connectivity index (χ1v) is 10.1. The highest BCUT2D eigenvalue weighted by molar-refractivity contribution is 7.85. The molecule has 0 spiro atoms. The van der Waals surface area contributed by atoms with Gasteiger partial charge in [-0.25, -0.2) is 0 Å². The van der Waals surface area contributed by atoms with Crippen LogP contribution in [0.2, 0.25) is 0 Å². The predicted octanol–water partition coefficient (Wildman–Crippen LogP) is 2.35. The molecule has 0 fully saturated rings. The zero-order valence-corrected chi connectivity index (χ0v) is 16.2. The summed E-state index contributed by atoms with van der Waals surface area (Å²) < 4.78 is 34.2. The normalized spacial score (nSPS) is 11.8. The van der Waals surface area contributed by atoms with Crippen LogP contribution < -0.4 is 5.73 Å². The summed E-state index contributed by atoms with van der Waals surface area (Å²) in [5.41, 5.74) is 5.71. The zero-order valence-electron chi connectivity index (χ0n) is 15.4. The van der Waals surface area contributed by atoms with Crippen molar-refractivity contribution in [3.8, 4) is 0 Å². The summed E-state index contributed by atoms with van der Waals surface area (Å²) in [6.07, 6.45) is 2.48. The largest absolute Gasteiger partial charge is 0.465 e. The highest BCUT2D eigenvalue weighted by atomic mass is 32.2. The second kappa shape index (κ2) is 13.4. The maximum absolute atomic E-state index is 11.2. The lowest BCUT2D eigenvalue weighted by Gasteiger charge is -2.10. The van der Waals surface area contributed by atoms with Gasteiger partial charge in [0, 0.05) is 6.42 Å². The third kappa shape index (κ3) is 14.6. The van der Waals surface area contributed by atoms with Gasteiger partial charge in [0.15, 0.2) is 0 Å². The number of ketones is 1. The molecule has 148 valence electrons. The van der Waals surface area contributed by atoms with Crippen LogP contribution >= 0.6 is 0 Å². The summed E-state index contributed by atoms with van der Waals surface area (Å²) >= 11 is 0. The highest BCUT2D eigenvalue weighted by Crippen LogP contribution is 2.06. The molecule has 0 saturated heterocycles. The maximum Gasteiger partial charge on any atom is 0.306 e. The quantitative estimate of drug-likeness (QED) is 0.466. The van der Waals surface area contributed by atoms with Crippen molar-refractivity contribution in [1.82, 2.24) is 0 Å². The topological polar surface area (TPSA) is 124 Å². The van der Waals surface area contributed by atoms with E-state index in [0.29, 0.717) is 18.1 Å². The Kier molecular flexibility index (Phi) is 12.5. The van der Waals surface area contributed by atoms with Gasteiger partial charge in [-0.15, -0.1) is 0 Å². The number of hydrogen-bond acceptors (Lipinski definition) is 6. The average Bonchev–Trinajstić information content (AvgIpc) is 2.58. The summed E-state index contributed by atoms with van der Waals surface area (Å²) in [6.45, 7) is 4.59. The van der Waals surface area contributed by atoms with Gasteiger partial charge in [0.1, 0.15) is 11.5 Å². The molecule has 1 rings (SSSR count). The maximum atomic E-state index is 11.2. The molecule has 0 aliphatic rings. The Bertz CT molecular complexity index is 630. The molecule has 8 heteroatoms. The van der Waals surface area contributed by atoms with Gasteiger partial charge in [-0.2, -0.15) is 8.42 Å². The first kappa shape index (κ1) is 24.2. The minimum absolute atomic E-state index is 0.000479. The Hall–Kier alpha value is -1.77. The molecule has 0 amide bonds. The van der Waals surface area contributed by atoms with Gasteiger partial charge < -0.3 is 10.5 Å². The summed E-state index contributed by atoms with van der Waals surface area (Å²) in [7, 11) is -3.88. The van der Waals surface area contributed by atoms with Gasteiger partial charge in [-0.05, 0) is 17.9 Å². The Labute approximate surface area is 155 Å². The van der Waals surface area contributed by atoms with Gasteiger partial charge in [0.25, 0.3) is 10.1 Å². The number of carbonyl (C=O) groups is 2. The smallest absolute Gasteiger partial charge is 0.306 e. The molecule has 0 aromatic heterocycles. The van der Waals surface area contributed by atoms with E-state index in [-0.39, 0.29) is 36.9 Å². The molecule has 0 saturated carbocycles. The fraction of sp³-hybridized carbons (Fsp3) is 0.556. The number of rotatable bonds is 10. The third-order valence-electron chi connectivity index (χ3n) is 3.34. The second-order valence-corrected chi connectivity index (χ2v) is 7.48. The average molecular weight is 387 g/mol. The third-order valence-corrected chi connectivity index (χ3v) is 4.04. The highest BCUT2D eigenvalue weighted by Gasteiger charge is 2.08. The molecule has 3 N–H and O–H groups in total. The molecule has 0 bridgehead atoms. The van der Waals surface area contributed by atoms with Crippen molar-refractivity contribution in [3.63, 3.8) is 0 Å². The lowest BCUT2D eigenvalue weighted by molar-refractivity contribution is -0.146. The number of benzene rings is 1. The van der Waals surface area contributed by atoms with Gasteiger partial charge in [0.05, 0.1) is 19.6 Å². The lowest BCUT2D eigenvalue weighted by atomic mass is 10.1. The summed E-state index contributed by atoms with van der Waals surface area (Å²) in [4.78, 5) is 22.0. The number of esters is 1. The molecule has 0 aliphatic carbocycles. The Balaban J connectivity index is 0.000000502. The van der Waals surface area contributed by atoms with E-state index in [4.69, 9.17) is 15.0 Å². The molecule has 1 aromatic rings. The predicted molar refractivity (Wildman–Crippen MR) is 100 cm³/mol. The number of ether oxygens (including phenoxy) is 1. The number of Topliss-reactive ketones (excluding diaryl/α,β-unsaturated/α-hetero) is 1. The number of nitrogens with two attached hydrogens (primary N) is 1. The minimum Gasteiger partial charge on any atom is -0.465 e. The Morgan fingerprint density at radius 2 is 1.81 bits per heavy atom. The van der Waals surface area contributed by atoms with E-state index < -0.39 is 10.1 Å². The van der Waals surface area contributed by atoms with Crippen LogP contribution in [0, 0.1) is 5.92 Å². The molecule has 26 heavy (non-hydrogen) atoms. The molecule has 1 atom stereocenters. The van der Waals surface area contributed by atoms with Gasteiger partial charge >= 0.3 is 5.97 Å². The van der Waals surface area contributed by atoms with Crippen LogP contribution in [0.15, 0.2) is 30.3 Å². The fourth-order valence-corrected chi connectivity index (χ4v) is 2.63. The van der Waals surface area contributed by atoms with E-state index in [2.05, 4.69) is 6.92 Å². The van der Waals surface area contributed by atoms with Crippen molar-refractivity contribution in [3.05, 3.63) is 35.9 Å². The van der Waals surface area contributed by atoms with Crippen LogP contribution in [0.3, 0.4) is 0 Å². The van der Waals surface area contributed by atoms with Crippen LogP contribution in [0.1, 0.15) is 45.1 Å². The molecular weight excluding hydrogens is 358 g/mol. The minimum atomic E-state index is -3.88. The second-order valence-electron chi connectivity index (χ2n) is 6.03. The fourth-order valence-electron chi connectivity index (χ4n) is 2.01. The summed E-state index contributed by atoms with van der Waals surface area (Å²) in [5.74, 6) is -0.328. The van der Waals surface area contributed by atoms with Gasteiger partial charge in [-0.3, -0.25) is 14.1 Å². The first-order valence-electron chi connectivity index (χ1n) is 8.54. The standard InChI is InChI=1S/C11H21NO3.C7H8O3S/c1-3-4-9(2)8-15-11(14)6-5-10(13)7-12;8-11(9,10)6-7-4-2-1-3-5-7/h9H,3-8,12H2,1-2H3;1-5H,6H2,(H,8,9,10). The van der Waals surface area contributed by atoms with Crippen molar-refractivity contribution in [2.45, 2.75) is 45.3 Å². The van der Waals surface area contributed by atoms with Gasteiger partial charge in [-0.1, -0.05) is 50.6 Å². The SMILES string of the molecule is CCCC(C)COC(=O)CCC(=O)CN.O=S(=O)(O)Cc1ccccc1. The van der Waals surface area contributed by atoms with Crippen molar-refractivity contribution in [2.24, 2.45) is 11.7 Å². The van der Waals surface area contributed by atoms with E-state index in [1.807, 2.05) is 6.92 Å². The molecule has 0 radical (unpaired) electrons. The number of carbonyl (C=O) groups excluding carboxylic acids is 2. The molecular formula is C18H29NO6S. The van der Waals surface area contributed by atoms with Gasteiger partial charge in [0.2, 0.25) is 0 Å². The van der Waals surface area contributed by atoms with E-state index >= 15 is 0 Å². The summed E-state index contributed by atoms with van der Waals surface area (Å²) in [5, 5.41) is 0. The monoisotopic (exact) mass is 387 g/mol. The van der Waals surface area contributed by atoms with Crippen LogP contribution in [0.5, 0.6) is 0 Å². The van der Waals surface area contributed by atoms with Crippen molar-refractivity contribution in [1.29, 1.82) is 0 Å². The van der Waals surface area contributed by atoms with E-state index in [9.17, 15) is 18.0 Å². The van der Waals surface area contributed by atoms with E-state index in [1.54, 1.807) is 30.3 Å². The Morgan fingerprint density at radius 3 is 2.31 bits per heavy atom. The van der Waals surface area contributed by atoms with Crippen LogP contribution in [0.4, 0.5) is 0 Å². The van der Waals surface area contributed by atoms with Crippen LogP contribution in [-0.4, -0.2) is 37.9 Å². The van der Waals surface area contributed by atoms with E-state index in [1.165, 1.54) is 0 Å².